The van der Waals surface area contributed by atoms with Crippen LogP contribution < -0.4 is 10.6 Å². The molecule has 2 N–H and O–H groups in total. The lowest BCUT2D eigenvalue weighted by Gasteiger charge is -2.08. The molecule has 1 aliphatic rings. The van der Waals surface area contributed by atoms with Gasteiger partial charge >= 0.3 is 0 Å². The minimum absolute atomic E-state index is 0.229. The van der Waals surface area contributed by atoms with Crippen LogP contribution >= 0.6 is 15.9 Å². The summed E-state index contributed by atoms with van der Waals surface area (Å²) in [6.07, 6.45) is 3.21. The average Bonchev–Trinajstić information content (AvgIpc) is 2.92. The molecule has 0 atom stereocenters. The molecule has 0 radical (unpaired) electrons. The molecule has 0 aliphatic carbocycles. The highest BCUT2D eigenvalue weighted by Crippen LogP contribution is 2.24. The number of carbonyl (C=O) groups is 1. The number of amides is 1. The van der Waals surface area contributed by atoms with Gasteiger partial charge in [0.2, 0.25) is 0 Å². The smallest absolute Gasteiger partial charge is 0.259 e. The summed E-state index contributed by atoms with van der Waals surface area (Å²) < 4.78 is 0.634. The lowest BCUT2D eigenvalue weighted by molar-refractivity contribution is 0.0975. The number of aromatic nitrogens is 2. The van der Waals surface area contributed by atoms with E-state index >= 15 is 0 Å². The Bertz CT molecular complexity index is 685. The second-order valence-corrected chi connectivity index (χ2v) is 4.76. The Morgan fingerprint density at radius 3 is 2.95 bits per heavy atom. The van der Waals surface area contributed by atoms with Gasteiger partial charge in [-0.3, -0.25) is 25.1 Å². The number of aliphatic imine (C=N–C) groups is 1. The standard InChI is InChI=1S/C12H10BrN5O/c13-9-7(11(19)18-12-16-5-6-17-12)1-2-8-10(9)15-4-3-14-8/h1-4H,5-6H2,(H2,16,17,18,19). The number of hydrogen-bond donors (Lipinski definition) is 2. The van der Waals surface area contributed by atoms with Crippen molar-refractivity contribution >= 4 is 38.8 Å². The molecular formula is C12H10BrN5O. The van der Waals surface area contributed by atoms with Crippen LogP contribution in [0.5, 0.6) is 0 Å². The predicted molar refractivity (Wildman–Crippen MR) is 75.0 cm³/mol. The predicted octanol–water partition coefficient (Wildman–Crippen LogP) is 1.08. The number of carbonyl (C=O) groups excluding carboxylic acids is 1. The Morgan fingerprint density at radius 1 is 1.32 bits per heavy atom. The number of halogens is 1. The van der Waals surface area contributed by atoms with E-state index in [-0.39, 0.29) is 5.91 Å². The zero-order valence-corrected chi connectivity index (χ0v) is 11.4. The number of guanidine groups is 1. The zero-order valence-electron chi connectivity index (χ0n) is 9.85. The SMILES string of the molecule is O=C(NC1=NCCN1)c1ccc2nccnc2c1Br. The number of rotatable bonds is 1. The Hall–Kier alpha value is -2.02. The molecule has 0 spiro atoms. The lowest BCUT2D eigenvalue weighted by atomic mass is 10.2. The highest BCUT2D eigenvalue weighted by atomic mass is 79.9. The maximum absolute atomic E-state index is 12.2. The van der Waals surface area contributed by atoms with Crippen LogP contribution in [0.1, 0.15) is 10.4 Å². The Morgan fingerprint density at radius 2 is 2.16 bits per heavy atom. The summed E-state index contributed by atoms with van der Waals surface area (Å²) in [5.41, 5.74) is 1.91. The molecule has 0 saturated heterocycles. The van der Waals surface area contributed by atoms with Crippen LogP contribution in [0.3, 0.4) is 0 Å². The van der Waals surface area contributed by atoms with E-state index in [4.69, 9.17) is 0 Å². The molecular weight excluding hydrogens is 310 g/mol. The van der Waals surface area contributed by atoms with Gasteiger partial charge in [-0.25, -0.2) is 0 Å². The first-order valence-electron chi connectivity index (χ1n) is 5.74. The maximum Gasteiger partial charge on any atom is 0.259 e. The first-order valence-corrected chi connectivity index (χ1v) is 6.54. The van der Waals surface area contributed by atoms with Crippen molar-refractivity contribution in [3.8, 4) is 0 Å². The molecule has 0 saturated carbocycles. The summed E-state index contributed by atoms with van der Waals surface area (Å²) in [7, 11) is 0. The second-order valence-electron chi connectivity index (χ2n) is 3.96. The van der Waals surface area contributed by atoms with Crippen molar-refractivity contribution in [1.29, 1.82) is 0 Å². The van der Waals surface area contributed by atoms with Gasteiger partial charge < -0.3 is 5.32 Å². The summed E-state index contributed by atoms with van der Waals surface area (Å²) in [5, 5.41) is 5.71. The Labute approximate surface area is 117 Å². The minimum Gasteiger partial charge on any atom is -0.354 e. The zero-order chi connectivity index (χ0) is 13.2. The Kier molecular flexibility index (Phi) is 3.12. The molecule has 19 heavy (non-hydrogen) atoms. The van der Waals surface area contributed by atoms with Crippen molar-refractivity contribution in [3.63, 3.8) is 0 Å². The van der Waals surface area contributed by atoms with Gasteiger partial charge in [-0.1, -0.05) is 0 Å². The van der Waals surface area contributed by atoms with Gasteiger partial charge in [0.05, 0.1) is 22.1 Å². The van der Waals surface area contributed by atoms with Gasteiger partial charge in [-0.15, -0.1) is 0 Å². The largest absolute Gasteiger partial charge is 0.354 e. The third kappa shape index (κ3) is 2.28. The molecule has 0 unspecified atom stereocenters. The molecule has 0 bridgehead atoms. The first-order chi connectivity index (χ1) is 9.25. The summed E-state index contributed by atoms with van der Waals surface area (Å²) >= 11 is 3.41. The van der Waals surface area contributed by atoms with Crippen LogP contribution in [0.4, 0.5) is 0 Å². The van der Waals surface area contributed by atoms with E-state index < -0.39 is 0 Å². The van der Waals surface area contributed by atoms with Crippen molar-refractivity contribution < 1.29 is 4.79 Å². The van der Waals surface area contributed by atoms with Crippen LogP contribution in [0.15, 0.2) is 34.0 Å². The van der Waals surface area contributed by atoms with E-state index in [0.29, 0.717) is 28.1 Å². The molecule has 1 aromatic heterocycles. The van der Waals surface area contributed by atoms with Crippen LogP contribution in [-0.4, -0.2) is 34.9 Å². The van der Waals surface area contributed by atoms with Gasteiger partial charge in [0.25, 0.3) is 5.91 Å². The third-order valence-corrected chi connectivity index (χ3v) is 3.53. The highest BCUT2D eigenvalue weighted by molar-refractivity contribution is 9.10. The van der Waals surface area contributed by atoms with Crippen LogP contribution in [0.25, 0.3) is 11.0 Å². The monoisotopic (exact) mass is 319 g/mol. The highest BCUT2D eigenvalue weighted by Gasteiger charge is 2.16. The van der Waals surface area contributed by atoms with Crippen LogP contribution in [-0.2, 0) is 0 Å². The van der Waals surface area contributed by atoms with E-state index in [2.05, 4.69) is 41.5 Å². The molecule has 7 heteroatoms. The Balaban J connectivity index is 1.96. The second kappa shape index (κ2) is 4.93. The van der Waals surface area contributed by atoms with Gasteiger partial charge in [0.1, 0.15) is 5.52 Å². The third-order valence-electron chi connectivity index (χ3n) is 2.73. The van der Waals surface area contributed by atoms with Crippen molar-refractivity contribution in [3.05, 3.63) is 34.6 Å². The van der Waals surface area contributed by atoms with E-state index in [0.717, 1.165) is 12.1 Å². The molecule has 2 aromatic rings. The number of fused-ring (bicyclic) bond motifs is 1. The molecule has 0 fully saturated rings. The topological polar surface area (TPSA) is 79.3 Å². The van der Waals surface area contributed by atoms with E-state index in [1.165, 1.54) is 0 Å². The van der Waals surface area contributed by atoms with E-state index in [1.807, 2.05) is 0 Å². The van der Waals surface area contributed by atoms with Crippen LogP contribution in [0.2, 0.25) is 0 Å². The lowest BCUT2D eigenvalue weighted by Crippen LogP contribution is -2.38. The fourth-order valence-electron chi connectivity index (χ4n) is 1.83. The van der Waals surface area contributed by atoms with Gasteiger partial charge in [0.15, 0.2) is 5.96 Å². The molecule has 1 aromatic carbocycles. The first kappa shape index (κ1) is 12.0. The normalized spacial score (nSPS) is 14.1. The quantitative estimate of drug-likeness (QED) is 0.824. The molecule has 96 valence electrons. The van der Waals surface area contributed by atoms with Crippen molar-refractivity contribution in [2.75, 3.05) is 13.1 Å². The van der Waals surface area contributed by atoms with Crippen molar-refractivity contribution in [2.24, 2.45) is 4.99 Å². The number of nitrogens with one attached hydrogen (secondary N) is 2. The van der Waals surface area contributed by atoms with Gasteiger partial charge in [-0.2, -0.15) is 0 Å². The van der Waals surface area contributed by atoms with E-state index in [9.17, 15) is 4.79 Å². The van der Waals surface area contributed by atoms with Gasteiger partial charge in [0, 0.05) is 18.9 Å². The summed E-state index contributed by atoms with van der Waals surface area (Å²) in [4.78, 5) is 24.7. The number of nitrogens with zero attached hydrogens (tertiary/aromatic N) is 3. The summed E-state index contributed by atoms with van der Waals surface area (Å²) in [5.74, 6) is 0.281. The molecule has 1 aliphatic heterocycles. The number of benzene rings is 1. The minimum atomic E-state index is -0.229. The summed E-state index contributed by atoms with van der Waals surface area (Å²) in [6, 6.07) is 3.48. The molecule has 6 nitrogen and oxygen atoms in total. The number of hydrogen-bond acceptors (Lipinski definition) is 5. The maximum atomic E-state index is 12.2. The molecule has 3 rings (SSSR count). The summed E-state index contributed by atoms with van der Waals surface area (Å²) in [6.45, 7) is 1.43. The van der Waals surface area contributed by atoms with E-state index in [1.54, 1.807) is 24.5 Å². The van der Waals surface area contributed by atoms with Gasteiger partial charge in [-0.05, 0) is 28.1 Å². The molecule has 1 amide bonds. The average molecular weight is 320 g/mol. The van der Waals surface area contributed by atoms with Crippen LogP contribution in [0, 0.1) is 0 Å². The molecule has 2 heterocycles. The fraction of sp³-hybridized carbons (Fsp3) is 0.167. The van der Waals surface area contributed by atoms with Crippen molar-refractivity contribution in [2.45, 2.75) is 0 Å². The fourth-order valence-corrected chi connectivity index (χ4v) is 2.45. The van der Waals surface area contributed by atoms with Crippen molar-refractivity contribution in [1.82, 2.24) is 20.6 Å².